The van der Waals surface area contributed by atoms with Crippen LogP contribution in [0.2, 0.25) is 0 Å². The van der Waals surface area contributed by atoms with E-state index >= 15 is 0 Å². The molecule has 0 amide bonds. The van der Waals surface area contributed by atoms with Gasteiger partial charge in [0.05, 0.1) is 18.1 Å². The number of aliphatic hydroxyl groups excluding tert-OH is 2. The Bertz CT molecular complexity index is 428. The Morgan fingerprint density at radius 2 is 1.95 bits per heavy atom. The number of anilines is 1. The van der Waals surface area contributed by atoms with Gasteiger partial charge in [0.1, 0.15) is 18.1 Å². The molecule has 0 spiro atoms. The lowest BCUT2D eigenvalue weighted by Crippen LogP contribution is -2.29. The normalized spacial score (nSPS) is 12.8. The van der Waals surface area contributed by atoms with E-state index in [1.54, 1.807) is 19.1 Å². The highest BCUT2D eigenvalue weighted by atomic mass is 16.5. The number of carbonyl (C=O) groups is 1. The van der Waals surface area contributed by atoms with Crippen LogP contribution in [0.25, 0.3) is 0 Å². The van der Waals surface area contributed by atoms with E-state index in [0.717, 1.165) is 5.69 Å². The fourth-order valence-corrected chi connectivity index (χ4v) is 1.33. The van der Waals surface area contributed by atoms with Gasteiger partial charge in [0.2, 0.25) is 0 Å². The van der Waals surface area contributed by atoms with Gasteiger partial charge in [-0.15, -0.1) is 0 Å². The van der Waals surface area contributed by atoms with E-state index in [1.165, 1.54) is 0 Å². The van der Waals surface area contributed by atoms with Gasteiger partial charge in [-0.25, -0.2) is 0 Å². The largest absolute Gasteiger partial charge is 0.493 e. The van der Waals surface area contributed by atoms with Crippen LogP contribution < -0.4 is 10.1 Å². The van der Waals surface area contributed by atoms with Crippen molar-refractivity contribution < 1.29 is 19.7 Å². The second-order valence-corrected chi connectivity index (χ2v) is 5.47. The van der Waals surface area contributed by atoms with Crippen molar-refractivity contribution in [2.24, 2.45) is 5.41 Å². The summed E-state index contributed by atoms with van der Waals surface area (Å²) in [6, 6.07) is 7.23. The standard InChI is InChI=1S/C15H23NO4/c1-11(18)15(2,3)10-20-14-6-4-12(5-7-14)16-8-13(19)9-17/h4-7,13,16-17,19H,8-10H2,1-3H3/t13-/m1/s1. The van der Waals surface area contributed by atoms with Gasteiger partial charge in [-0.05, 0) is 45.0 Å². The fraction of sp³-hybridized carbons (Fsp3) is 0.533. The molecule has 20 heavy (non-hydrogen) atoms. The summed E-state index contributed by atoms with van der Waals surface area (Å²) in [5.41, 5.74) is 0.331. The van der Waals surface area contributed by atoms with Crippen LogP contribution in [-0.4, -0.2) is 41.9 Å². The summed E-state index contributed by atoms with van der Waals surface area (Å²) < 4.78 is 5.60. The average molecular weight is 281 g/mol. The van der Waals surface area contributed by atoms with E-state index in [0.29, 0.717) is 12.4 Å². The third-order valence-electron chi connectivity index (χ3n) is 3.16. The molecule has 1 aromatic carbocycles. The molecule has 3 N–H and O–H groups in total. The number of rotatable bonds is 8. The van der Waals surface area contributed by atoms with Crippen LogP contribution in [0.3, 0.4) is 0 Å². The van der Waals surface area contributed by atoms with E-state index in [2.05, 4.69) is 5.32 Å². The minimum Gasteiger partial charge on any atom is -0.493 e. The number of hydrogen-bond acceptors (Lipinski definition) is 5. The quantitative estimate of drug-likeness (QED) is 0.672. The minimum absolute atomic E-state index is 0.0915. The fourth-order valence-electron chi connectivity index (χ4n) is 1.33. The number of Topliss-reactive ketones (excluding diaryl/α,β-unsaturated/α-hetero) is 1. The lowest BCUT2D eigenvalue weighted by Gasteiger charge is -2.21. The molecule has 1 aromatic rings. The summed E-state index contributed by atoms with van der Waals surface area (Å²) in [6.07, 6.45) is -0.776. The molecule has 0 aromatic heterocycles. The van der Waals surface area contributed by atoms with Gasteiger partial charge in [-0.2, -0.15) is 0 Å². The van der Waals surface area contributed by atoms with Crippen molar-refractivity contribution in [3.05, 3.63) is 24.3 Å². The molecular formula is C15H23NO4. The van der Waals surface area contributed by atoms with Crippen LogP contribution in [0, 0.1) is 5.41 Å². The molecular weight excluding hydrogens is 258 g/mol. The topological polar surface area (TPSA) is 78.8 Å². The highest BCUT2D eigenvalue weighted by molar-refractivity contribution is 5.81. The molecule has 0 unspecified atom stereocenters. The number of carbonyl (C=O) groups excluding carboxylic acids is 1. The third kappa shape index (κ3) is 5.19. The first kappa shape index (κ1) is 16.5. The van der Waals surface area contributed by atoms with E-state index in [-0.39, 0.29) is 18.9 Å². The van der Waals surface area contributed by atoms with Crippen LogP contribution in [0.4, 0.5) is 5.69 Å². The van der Waals surface area contributed by atoms with Gasteiger partial charge in [-0.3, -0.25) is 4.79 Å². The number of ether oxygens (including phenoxy) is 1. The molecule has 0 fully saturated rings. The molecule has 0 aliphatic rings. The number of ketones is 1. The van der Waals surface area contributed by atoms with Crippen molar-refractivity contribution in [2.45, 2.75) is 26.9 Å². The first-order valence-electron chi connectivity index (χ1n) is 6.62. The van der Waals surface area contributed by atoms with Crippen molar-refractivity contribution in [3.8, 4) is 5.75 Å². The molecule has 0 heterocycles. The number of benzene rings is 1. The first-order chi connectivity index (χ1) is 9.35. The lowest BCUT2D eigenvalue weighted by molar-refractivity contribution is -0.126. The first-order valence-corrected chi connectivity index (χ1v) is 6.62. The zero-order chi connectivity index (χ0) is 15.2. The van der Waals surface area contributed by atoms with Crippen LogP contribution >= 0.6 is 0 Å². The molecule has 1 atom stereocenters. The Morgan fingerprint density at radius 3 is 2.45 bits per heavy atom. The summed E-state index contributed by atoms with van der Waals surface area (Å²) >= 11 is 0. The molecule has 1 rings (SSSR count). The van der Waals surface area contributed by atoms with Crippen molar-refractivity contribution in [2.75, 3.05) is 25.1 Å². The minimum atomic E-state index is -0.776. The van der Waals surface area contributed by atoms with Crippen LogP contribution in [-0.2, 0) is 4.79 Å². The second-order valence-electron chi connectivity index (χ2n) is 5.47. The molecule has 5 nitrogen and oxygen atoms in total. The number of aliphatic hydroxyl groups is 2. The molecule has 0 aliphatic heterocycles. The predicted molar refractivity (Wildman–Crippen MR) is 78.0 cm³/mol. The summed E-state index contributed by atoms with van der Waals surface area (Å²) in [6.45, 7) is 5.60. The zero-order valence-electron chi connectivity index (χ0n) is 12.2. The SMILES string of the molecule is CC(=O)C(C)(C)COc1ccc(NC[C@@H](O)CO)cc1. The molecule has 0 radical (unpaired) electrons. The molecule has 0 saturated carbocycles. The molecule has 5 heteroatoms. The monoisotopic (exact) mass is 281 g/mol. The Hall–Kier alpha value is -1.59. The van der Waals surface area contributed by atoms with Crippen LogP contribution in [0.5, 0.6) is 5.75 Å². The van der Waals surface area contributed by atoms with Crippen molar-refractivity contribution >= 4 is 11.5 Å². The smallest absolute Gasteiger partial charge is 0.138 e. The highest BCUT2D eigenvalue weighted by Crippen LogP contribution is 2.21. The predicted octanol–water partition coefficient (Wildman–Crippen LogP) is 1.45. The second kappa shape index (κ2) is 7.26. The highest BCUT2D eigenvalue weighted by Gasteiger charge is 2.24. The Morgan fingerprint density at radius 1 is 1.35 bits per heavy atom. The van der Waals surface area contributed by atoms with E-state index in [4.69, 9.17) is 9.84 Å². The molecule has 0 bridgehead atoms. The third-order valence-corrected chi connectivity index (χ3v) is 3.16. The Kier molecular flexibility index (Phi) is 5.98. The summed E-state index contributed by atoms with van der Waals surface area (Å²) in [7, 11) is 0. The van der Waals surface area contributed by atoms with Crippen LogP contribution in [0.15, 0.2) is 24.3 Å². The van der Waals surface area contributed by atoms with Crippen molar-refractivity contribution in [1.29, 1.82) is 0 Å². The van der Waals surface area contributed by atoms with Gasteiger partial charge < -0.3 is 20.3 Å². The van der Waals surface area contributed by atoms with E-state index < -0.39 is 11.5 Å². The van der Waals surface area contributed by atoms with Gasteiger partial charge in [0.15, 0.2) is 0 Å². The molecule has 112 valence electrons. The van der Waals surface area contributed by atoms with Gasteiger partial charge >= 0.3 is 0 Å². The summed E-state index contributed by atoms with van der Waals surface area (Å²) in [4.78, 5) is 11.4. The van der Waals surface area contributed by atoms with Gasteiger partial charge in [0.25, 0.3) is 0 Å². The summed E-state index contributed by atoms with van der Waals surface area (Å²) in [5.74, 6) is 0.779. The van der Waals surface area contributed by atoms with Crippen molar-refractivity contribution in [1.82, 2.24) is 0 Å². The maximum Gasteiger partial charge on any atom is 0.138 e. The van der Waals surface area contributed by atoms with E-state index in [9.17, 15) is 9.90 Å². The zero-order valence-corrected chi connectivity index (χ0v) is 12.2. The summed E-state index contributed by atoms with van der Waals surface area (Å²) in [5, 5.41) is 20.9. The maximum atomic E-state index is 11.4. The average Bonchev–Trinajstić information content (AvgIpc) is 2.43. The van der Waals surface area contributed by atoms with E-state index in [1.807, 2.05) is 26.0 Å². The Balaban J connectivity index is 2.48. The number of hydrogen-bond donors (Lipinski definition) is 3. The number of nitrogens with one attached hydrogen (secondary N) is 1. The molecule has 0 saturated heterocycles. The van der Waals surface area contributed by atoms with Gasteiger partial charge in [-0.1, -0.05) is 0 Å². The Labute approximate surface area is 119 Å². The maximum absolute atomic E-state index is 11.4. The molecule has 0 aliphatic carbocycles. The van der Waals surface area contributed by atoms with Crippen LogP contribution in [0.1, 0.15) is 20.8 Å². The van der Waals surface area contributed by atoms with Gasteiger partial charge in [0, 0.05) is 12.2 Å². The van der Waals surface area contributed by atoms with Crippen molar-refractivity contribution in [3.63, 3.8) is 0 Å². The lowest BCUT2D eigenvalue weighted by atomic mass is 9.90.